The fraction of sp³-hybridized carbons (Fsp3) is 0.350. The van der Waals surface area contributed by atoms with Crippen molar-refractivity contribution in [3.63, 3.8) is 0 Å². The topological polar surface area (TPSA) is 68.7 Å². The number of nitrogen functional groups attached to an aromatic ring is 1. The Morgan fingerprint density at radius 3 is 2.96 bits per heavy atom. The number of carbonyl (C=O) groups excluding carboxylic acids is 1. The second-order valence-corrected chi connectivity index (χ2v) is 6.53. The number of benzene rings is 1. The number of methoxy groups -OCH3 is 1. The molecule has 2 N–H and O–H groups in total. The smallest absolute Gasteiger partial charge is 0.246 e. The SMILES string of the molecule is COc1cc(N)ccc1-c1ccc(/C=C/C(=O)N2CCCC(C)C2)o1. The molecule has 3 rings (SSSR count). The molecule has 1 amide bonds. The summed E-state index contributed by atoms with van der Waals surface area (Å²) < 4.78 is 11.2. The van der Waals surface area contributed by atoms with Gasteiger partial charge in [-0.05, 0) is 49.1 Å². The van der Waals surface area contributed by atoms with E-state index in [0.717, 1.165) is 25.1 Å². The molecule has 132 valence electrons. The predicted molar refractivity (Wildman–Crippen MR) is 99.1 cm³/mol. The van der Waals surface area contributed by atoms with Gasteiger partial charge in [-0.2, -0.15) is 0 Å². The van der Waals surface area contributed by atoms with Crippen molar-refractivity contribution in [3.8, 4) is 17.1 Å². The van der Waals surface area contributed by atoms with Crippen molar-refractivity contribution in [3.05, 3.63) is 42.2 Å². The van der Waals surface area contributed by atoms with Crippen LogP contribution in [0.2, 0.25) is 0 Å². The second kappa shape index (κ2) is 7.47. The molecule has 1 atom stereocenters. The molecular formula is C20H24N2O3. The van der Waals surface area contributed by atoms with Crippen LogP contribution < -0.4 is 10.5 Å². The largest absolute Gasteiger partial charge is 0.496 e. The maximum absolute atomic E-state index is 12.3. The quantitative estimate of drug-likeness (QED) is 0.679. The molecule has 1 aliphatic heterocycles. The fourth-order valence-electron chi connectivity index (χ4n) is 3.15. The zero-order chi connectivity index (χ0) is 17.8. The normalized spacial score (nSPS) is 17.8. The van der Waals surface area contributed by atoms with Gasteiger partial charge in [0, 0.05) is 30.9 Å². The van der Waals surface area contributed by atoms with Gasteiger partial charge in [0.2, 0.25) is 5.91 Å². The van der Waals surface area contributed by atoms with Gasteiger partial charge in [0.15, 0.2) is 0 Å². The van der Waals surface area contributed by atoms with Gasteiger partial charge in [-0.1, -0.05) is 6.92 Å². The lowest BCUT2D eigenvalue weighted by Gasteiger charge is -2.29. The van der Waals surface area contributed by atoms with Crippen LogP contribution in [0, 0.1) is 5.92 Å². The van der Waals surface area contributed by atoms with E-state index in [0.29, 0.717) is 28.9 Å². The van der Waals surface area contributed by atoms with E-state index < -0.39 is 0 Å². The first-order chi connectivity index (χ1) is 12.1. The van der Waals surface area contributed by atoms with Crippen LogP contribution in [0.5, 0.6) is 5.75 Å². The molecule has 5 heteroatoms. The van der Waals surface area contributed by atoms with Gasteiger partial charge >= 0.3 is 0 Å². The molecule has 1 aromatic heterocycles. The molecule has 0 spiro atoms. The Balaban J connectivity index is 1.72. The summed E-state index contributed by atoms with van der Waals surface area (Å²) in [6.07, 6.45) is 5.57. The number of nitrogens with zero attached hydrogens (tertiary/aromatic N) is 1. The van der Waals surface area contributed by atoms with Crippen LogP contribution in [0.4, 0.5) is 5.69 Å². The van der Waals surface area contributed by atoms with Gasteiger partial charge in [-0.3, -0.25) is 4.79 Å². The van der Waals surface area contributed by atoms with Crippen LogP contribution >= 0.6 is 0 Å². The number of likely N-dealkylation sites (tertiary alicyclic amines) is 1. The molecule has 1 aliphatic rings. The van der Waals surface area contributed by atoms with E-state index in [2.05, 4.69) is 6.92 Å². The number of carbonyl (C=O) groups is 1. The third-order valence-electron chi connectivity index (χ3n) is 4.48. The van der Waals surface area contributed by atoms with Crippen LogP contribution in [0.1, 0.15) is 25.5 Å². The molecule has 2 heterocycles. The lowest BCUT2D eigenvalue weighted by molar-refractivity contribution is -0.127. The molecule has 1 unspecified atom stereocenters. The van der Waals surface area contributed by atoms with Gasteiger partial charge < -0.3 is 19.8 Å². The maximum Gasteiger partial charge on any atom is 0.246 e. The number of piperidine rings is 1. The Hall–Kier alpha value is -2.69. The number of nitrogens with two attached hydrogens (primary N) is 1. The first-order valence-corrected chi connectivity index (χ1v) is 8.57. The van der Waals surface area contributed by atoms with E-state index in [1.807, 2.05) is 23.1 Å². The number of furan rings is 1. The van der Waals surface area contributed by atoms with Crippen molar-refractivity contribution < 1.29 is 13.9 Å². The first-order valence-electron chi connectivity index (χ1n) is 8.57. The maximum atomic E-state index is 12.3. The van der Waals surface area contributed by atoms with Gasteiger partial charge in [-0.25, -0.2) is 0 Å². The van der Waals surface area contributed by atoms with Gasteiger partial charge in [0.05, 0.1) is 12.7 Å². The van der Waals surface area contributed by atoms with Crippen molar-refractivity contribution in [1.82, 2.24) is 4.90 Å². The summed E-state index contributed by atoms with van der Waals surface area (Å²) in [7, 11) is 1.60. The lowest BCUT2D eigenvalue weighted by atomic mass is 10.0. The van der Waals surface area contributed by atoms with E-state index in [-0.39, 0.29) is 5.91 Å². The minimum absolute atomic E-state index is 0.0366. The van der Waals surface area contributed by atoms with E-state index in [9.17, 15) is 4.79 Å². The molecule has 0 saturated carbocycles. The minimum Gasteiger partial charge on any atom is -0.496 e. The first kappa shape index (κ1) is 17.1. The summed E-state index contributed by atoms with van der Waals surface area (Å²) in [4.78, 5) is 14.2. The second-order valence-electron chi connectivity index (χ2n) is 6.53. The average Bonchev–Trinajstić information content (AvgIpc) is 3.08. The van der Waals surface area contributed by atoms with Gasteiger partial charge in [-0.15, -0.1) is 0 Å². The molecule has 25 heavy (non-hydrogen) atoms. The van der Waals surface area contributed by atoms with E-state index in [1.165, 1.54) is 6.42 Å². The number of ether oxygens (including phenoxy) is 1. The number of hydrogen-bond donors (Lipinski definition) is 1. The summed E-state index contributed by atoms with van der Waals surface area (Å²) in [6, 6.07) is 9.13. The summed E-state index contributed by atoms with van der Waals surface area (Å²) >= 11 is 0. The fourth-order valence-corrected chi connectivity index (χ4v) is 3.15. The molecule has 1 fully saturated rings. The van der Waals surface area contributed by atoms with E-state index in [4.69, 9.17) is 14.9 Å². The van der Waals surface area contributed by atoms with Crippen molar-refractivity contribution in [2.75, 3.05) is 25.9 Å². The van der Waals surface area contributed by atoms with Crippen LogP contribution in [0.3, 0.4) is 0 Å². The minimum atomic E-state index is 0.0366. The molecule has 5 nitrogen and oxygen atoms in total. The van der Waals surface area contributed by atoms with Gasteiger partial charge in [0.1, 0.15) is 17.3 Å². The van der Waals surface area contributed by atoms with Crippen molar-refractivity contribution in [2.45, 2.75) is 19.8 Å². The number of hydrogen-bond acceptors (Lipinski definition) is 4. The molecular weight excluding hydrogens is 316 g/mol. The summed E-state index contributed by atoms with van der Waals surface area (Å²) in [5, 5.41) is 0. The van der Waals surface area contributed by atoms with Crippen molar-refractivity contribution >= 4 is 17.7 Å². The van der Waals surface area contributed by atoms with Crippen molar-refractivity contribution in [1.29, 1.82) is 0 Å². The monoisotopic (exact) mass is 340 g/mol. The number of anilines is 1. The summed E-state index contributed by atoms with van der Waals surface area (Å²) in [6.45, 7) is 3.84. The molecule has 0 radical (unpaired) electrons. The standard InChI is InChI=1S/C20H24N2O3/c1-14-4-3-11-22(13-14)20(23)10-7-16-6-9-18(25-16)17-8-5-15(21)12-19(17)24-2/h5-10,12,14H,3-4,11,13,21H2,1-2H3/b10-7+. The number of amides is 1. The highest BCUT2D eigenvalue weighted by atomic mass is 16.5. The number of rotatable bonds is 4. The third kappa shape index (κ3) is 4.05. The third-order valence-corrected chi connectivity index (χ3v) is 4.48. The van der Waals surface area contributed by atoms with E-state index in [1.54, 1.807) is 31.4 Å². The molecule has 2 aromatic rings. The highest BCUT2D eigenvalue weighted by Gasteiger charge is 2.19. The highest BCUT2D eigenvalue weighted by Crippen LogP contribution is 2.33. The van der Waals surface area contributed by atoms with Crippen LogP contribution in [0.25, 0.3) is 17.4 Å². The van der Waals surface area contributed by atoms with E-state index >= 15 is 0 Å². The summed E-state index contributed by atoms with van der Waals surface area (Å²) in [5.74, 6) is 2.57. The Labute approximate surface area is 148 Å². The molecule has 1 saturated heterocycles. The predicted octanol–water partition coefficient (Wildman–Crippen LogP) is 3.81. The van der Waals surface area contributed by atoms with Crippen LogP contribution in [0.15, 0.2) is 40.8 Å². The van der Waals surface area contributed by atoms with Crippen LogP contribution in [-0.2, 0) is 4.79 Å². The highest BCUT2D eigenvalue weighted by molar-refractivity contribution is 5.91. The Morgan fingerprint density at radius 1 is 1.36 bits per heavy atom. The molecule has 0 aliphatic carbocycles. The Kier molecular flexibility index (Phi) is 5.12. The van der Waals surface area contributed by atoms with Crippen molar-refractivity contribution in [2.24, 2.45) is 5.92 Å². The Morgan fingerprint density at radius 2 is 2.20 bits per heavy atom. The molecule has 0 bridgehead atoms. The molecule has 1 aromatic carbocycles. The average molecular weight is 340 g/mol. The Bertz CT molecular complexity index is 779. The lowest BCUT2D eigenvalue weighted by Crippen LogP contribution is -2.38. The van der Waals surface area contributed by atoms with Gasteiger partial charge in [0.25, 0.3) is 0 Å². The van der Waals surface area contributed by atoms with Crippen LogP contribution in [-0.4, -0.2) is 31.0 Å². The summed E-state index contributed by atoms with van der Waals surface area (Å²) in [5.41, 5.74) is 7.24. The zero-order valence-electron chi connectivity index (χ0n) is 14.7. The zero-order valence-corrected chi connectivity index (χ0v) is 14.7.